The van der Waals surface area contributed by atoms with Crippen molar-refractivity contribution >= 4 is 13.8 Å². The Labute approximate surface area is 299 Å². The van der Waals surface area contributed by atoms with E-state index in [0.29, 0.717) is 13.0 Å². The van der Waals surface area contributed by atoms with Crippen molar-refractivity contribution in [1.82, 2.24) is 0 Å². The Hall–Kier alpha value is -1.32. The Morgan fingerprint density at radius 1 is 0.633 bits per heavy atom. The van der Waals surface area contributed by atoms with E-state index in [0.717, 1.165) is 70.6 Å². The summed E-state index contributed by atoms with van der Waals surface area (Å²) in [4.78, 5) is 22.5. The quantitative estimate of drug-likeness (QED) is 0.0249. The minimum absolute atomic E-state index is 0.0389. The Morgan fingerprint density at radius 2 is 1.14 bits per heavy atom. The van der Waals surface area contributed by atoms with Gasteiger partial charge in [0.25, 0.3) is 0 Å². The Morgan fingerprint density at radius 3 is 1.73 bits per heavy atom. The number of unbranched alkanes of at least 4 members (excludes halogenated alkanes) is 17. The fraction of sp³-hybridized carbons (Fsp3) is 0.821. The maximum atomic E-state index is 12.5. The molecule has 0 aliphatic rings. The molecule has 10 heteroatoms. The molecule has 0 aromatic heterocycles. The zero-order chi connectivity index (χ0) is 36.1. The third-order valence-electron chi connectivity index (χ3n) is 8.03. The number of ether oxygens (including phenoxy) is 2. The van der Waals surface area contributed by atoms with Gasteiger partial charge in [-0.2, -0.15) is 0 Å². The Balaban J connectivity index is 4.26. The highest BCUT2D eigenvalue weighted by Gasteiger charge is 2.26. The zero-order valence-corrected chi connectivity index (χ0v) is 32.1. The number of phosphoric acid groups is 1. The molecule has 0 heterocycles. The topological polar surface area (TPSA) is 132 Å². The van der Waals surface area contributed by atoms with E-state index in [1.54, 1.807) is 0 Å². The third-order valence-corrected chi connectivity index (χ3v) is 8.98. The van der Waals surface area contributed by atoms with Gasteiger partial charge in [-0.25, -0.2) is 4.57 Å². The van der Waals surface area contributed by atoms with Gasteiger partial charge in [-0.1, -0.05) is 127 Å². The van der Waals surface area contributed by atoms with Crippen LogP contribution in [0.5, 0.6) is 0 Å². The average molecular weight is 717 g/mol. The summed E-state index contributed by atoms with van der Waals surface area (Å²) in [6.45, 7) is 3.40. The fourth-order valence-electron chi connectivity index (χ4n) is 5.03. The normalized spacial score (nSPS) is 14.6. The lowest BCUT2D eigenvalue weighted by Crippen LogP contribution is -2.29. The molecule has 0 bridgehead atoms. The summed E-state index contributed by atoms with van der Waals surface area (Å²) in [6, 6.07) is 0. The number of hydrogen-bond donors (Lipinski definition) is 3. The van der Waals surface area contributed by atoms with E-state index in [9.17, 15) is 19.4 Å². The highest BCUT2D eigenvalue weighted by Crippen LogP contribution is 2.43. The van der Waals surface area contributed by atoms with Gasteiger partial charge in [0.1, 0.15) is 12.2 Å². The first-order chi connectivity index (χ1) is 23.8. The molecule has 0 aromatic carbocycles. The predicted molar refractivity (Wildman–Crippen MR) is 200 cm³/mol. The molecule has 0 aliphatic carbocycles. The van der Waals surface area contributed by atoms with Crippen molar-refractivity contribution in [2.45, 2.75) is 174 Å². The first-order valence-electron chi connectivity index (χ1n) is 19.5. The molecule has 288 valence electrons. The van der Waals surface area contributed by atoms with Crippen molar-refractivity contribution in [2.24, 2.45) is 0 Å². The van der Waals surface area contributed by atoms with Crippen LogP contribution in [0.4, 0.5) is 0 Å². The third kappa shape index (κ3) is 36.3. The van der Waals surface area contributed by atoms with Gasteiger partial charge >= 0.3 is 13.8 Å². The second-order valence-corrected chi connectivity index (χ2v) is 14.4. The molecule has 9 nitrogen and oxygen atoms in total. The molecule has 0 rings (SSSR count). The van der Waals surface area contributed by atoms with Gasteiger partial charge in [0, 0.05) is 13.0 Å². The van der Waals surface area contributed by atoms with Crippen molar-refractivity contribution in [3.63, 3.8) is 0 Å². The number of hydrogen-bond acceptors (Lipinski definition) is 8. The van der Waals surface area contributed by atoms with Crippen molar-refractivity contribution in [3.05, 3.63) is 36.5 Å². The summed E-state index contributed by atoms with van der Waals surface area (Å²) in [6.07, 6.45) is 36.7. The van der Waals surface area contributed by atoms with Gasteiger partial charge in [-0.15, -0.1) is 0 Å². The number of phosphoric ester groups is 1. The average Bonchev–Trinajstić information content (AvgIpc) is 3.09. The van der Waals surface area contributed by atoms with Crippen molar-refractivity contribution < 1.29 is 43.0 Å². The molecule has 3 N–H and O–H groups in total. The first-order valence-corrected chi connectivity index (χ1v) is 21.0. The van der Waals surface area contributed by atoms with Crippen LogP contribution in [0.15, 0.2) is 36.5 Å². The second-order valence-electron chi connectivity index (χ2n) is 12.9. The monoisotopic (exact) mass is 716 g/mol. The molecule has 0 amide bonds. The number of carbonyl (C=O) groups is 1. The lowest BCUT2D eigenvalue weighted by atomic mass is 10.1. The van der Waals surface area contributed by atoms with Crippen LogP contribution in [-0.2, 0) is 27.9 Å². The number of rotatable bonds is 37. The number of carbonyl (C=O) groups excluding carboxylic acids is 1. The summed E-state index contributed by atoms with van der Waals surface area (Å²) in [7, 11) is -4.52. The number of aliphatic hydroxyl groups excluding tert-OH is 2. The van der Waals surface area contributed by atoms with Crippen LogP contribution in [0, 0.1) is 0 Å². The maximum absolute atomic E-state index is 12.5. The molecule has 49 heavy (non-hydrogen) atoms. The van der Waals surface area contributed by atoms with E-state index in [-0.39, 0.29) is 19.6 Å². The van der Waals surface area contributed by atoms with Crippen LogP contribution >= 0.6 is 7.82 Å². The van der Waals surface area contributed by atoms with Crippen molar-refractivity contribution in [3.8, 4) is 0 Å². The smallest absolute Gasteiger partial charge is 0.457 e. The van der Waals surface area contributed by atoms with Gasteiger partial charge in [-0.3, -0.25) is 13.8 Å². The molecule has 3 unspecified atom stereocenters. The van der Waals surface area contributed by atoms with Crippen LogP contribution in [0.3, 0.4) is 0 Å². The number of esters is 1. The molecular weight excluding hydrogens is 643 g/mol. The zero-order valence-electron chi connectivity index (χ0n) is 31.2. The fourth-order valence-corrected chi connectivity index (χ4v) is 5.82. The molecule has 0 aromatic rings. The van der Waals surface area contributed by atoms with Gasteiger partial charge in [-0.05, 0) is 64.2 Å². The van der Waals surface area contributed by atoms with E-state index in [2.05, 4.69) is 50.3 Å². The standard InChI is InChI=1S/C39H73O9P/c1-3-5-7-9-11-13-15-17-19-21-23-25-27-29-31-39(42)48-38(36-47-49(43,44)46-34-37(41)33-40)35-45-32-30-28-26-24-22-20-18-16-14-12-10-8-6-4-2/h8,10,14-17,37-38,40-41H,3-7,9,11-13,18-36H2,1-2H3,(H,43,44)/b10-8-,16-14-,17-15-. The minimum Gasteiger partial charge on any atom is -0.457 e. The van der Waals surface area contributed by atoms with Crippen LogP contribution in [0.1, 0.15) is 162 Å². The molecule has 3 atom stereocenters. The highest BCUT2D eigenvalue weighted by atomic mass is 31.2. The number of aliphatic hydroxyl groups is 2. The van der Waals surface area contributed by atoms with E-state index in [1.165, 1.54) is 64.2 Å². The van der Waals surface area contributed by atoms with Gasteiger partial charge < -0.3 is 24.6 Å². The van der Waals surface area contributed by atoms with E-state index >= 15 is 0 Å². The van der Waals surface area contributed by atoms with E-state index in [1.807, 2.05) is 0 Å². The van der Waals surface area contributed by atoms with Crippen LogP contribution in [0.2, 0.25) is 0 Å². The molecule has 0 radical (unpaired) electrons. The molecule has 0 spiro atoms. The molecular formula is C39H73O9P. The Kier molecular flexibility index (Phi) is 35.5. The minimum atomic E-state index is -4.52. The summed E-state index contributed by atoms with van der Waals surface area (Å²) in [5.74, 6) is -0.397. The lowest BCUT2D eigenvalue weighted by molar-refractivity contribution is -0.154. The van der Waals surface area contributed by atoms with Crippen LogP contribution in [0.25, 0.3) is 0 Å². The molecule has 0 saturated heterocycles. The molecule has 0 aliphatic heterocycles. The molecule has 0 fully saturated rings. The van der Waals surface area contributed by atoms with Gasteiger partial charge in [0.15, 0.2) is 0 Å². The SMILES string of the molecule is CCC/C=C\C/C=C\CCCCCCCCOCC(COP(=O)(O)OCC(O)CO)OC(=O)CCCCCCC/C=C\CCCCCCC. The summed E-state index contributed by atoms with van der Waals surface area (Å²) in [5.41, 5.74) is 0. The lowest BCUT2D eigenvalue weighted by Gasteiger charge is -2.20. The number of allylic oxidation sites excluding steroid dienone is 6. The Bertz CT molecular complexity index is 861. The first kappa shape index (κ1) is 47.7. The van der Waals surface area contributed by atoms with Crippen molar-refractivity contribution in [2.75, 3.05) is 33.0 Å². The predicted octanol–water partition coefficient (Wildman–Crippen LogP) is 10.1. The maximum Gasteiger partial charge on any atom is 0.472 e. The summed E-state index contributed by atoms with van der Waals surface area (Å²) < 4.78 is 33.2. The summed E-state index contributed by atoms with van der Waals surface area (Å²) in [5, 5.41) is 18.3. The van der Waals surface area contributed by atoms with Crippen LogP contribution in [-0.4, -0.2) is 66.3 Å². The largest absolute Gasteiger partial charge is 0.472 e. The van der Waals surface area contributed by atoms with Crippen LogP contribution < -0.4 is 0 Å². The van der Waals surface area contributed by atoms with E-state index < -0.39 is 39.2 Å². The van der Waals surface area contributed by atoms with Crippen molar-refractivity contribution in [1.29, 1.82) is 0 Å². The van der Waals surface area contributed by atoms with Gasteiger partial charge in [0.05, 0.1) is 26.4 Å². The highest BCUT2D eigenvalue weighted by molar-refractivity contribution is 7.47. The summed E-state index contributed by atoms with van der Waals surface area (Å²) >= 11 is 0. The second kappa shape index (κ2) is 36.5. The molecule has 0 saturated carbocycles. The van der Waals surface area contributed by atoms with E-state index in [4.69, 9.17) is 23.6 Å². The van der Waals surface area contributed by atoms with Gasteiger partial charge in [0.2, 0.25) is 0 Å².